The van der Waals surface area contributed by atoms with Gasteiger partial charge in [0.1, 0.15) is 5.69 Å². The molecule has 9 heteroatoms. The Hall–Kier alpha value is -3.49. The van der Waals surface area contributed by atoms with E-state index in [1.807, 2.05) is 42.2 Å². The van der Waals surface area contributed by atoms with E-state index in [-0.39, 0.29) is 17.4 Å². The number of anilines is 2. The van der Waals surface area contributed by atoms with Gasteiger partial charge >= 0.3 is 6.18 Å². The van der Waals surface area contributed by atoms with Crippen molar-refractivity contribution in [3.8, 4) is 11.1 Å². The summed E-state index contributed by atoms with van der Waals surface area (Å²) in [6.45, 7) is 2.69. The lowest BCUT2D eigenvalue weighted by Crippen LogP contribution is -2.57. The number of hydrogen-bond acceptors (Lipinski definition) is 5. The highest BCUT2D eigenvalue weighted by atomic mass is 19.4. The standard InChI is InChI=1S/C23H20F3N5O/c1-14-9-16(11-17(10-14)29-21-27-7-5-19(30-21)23(24,25)26)15-3-4-18(28-13-15)22-6-2-8-31(22)20(32)12-22/h3-5,7,9-11,13H,2,6,8,12H2,1H3,(H,27,29,30). The van der Waals surface area contributed by atoms with Gasteiger partial charge in [-0.25, -0.2) is 9.97 Å². The van der Waals surface area contributed by atoms with E-state index in [9.17, 15) is 18.0 Å². The maximum Gasteiger partial charge on any atom is 0.433 e. The summed E-state index contributed by atoms with van der Waals surface area (Å²) in [6.07, 6.45) is 0.746. The number of halogens is 3. The zero-order valence-electron chi connectivity index (χ0n) is 17.3. The van der Waals surface area contributed by atoms with Crippen LogP contribution in [0.4, 0.5) is 24.8 Å². The molecule has 0 bridgehead atoms. The molecular formula is C23H20F3N5O. The summed E-state index contributed by atoms with van der Waals surface area (Å²) in [5.41, 5.74) is 2.88. The van der Waals surface area contributed by atoms with Crippen LogP contribution >= 0.6 is 0 Å². The number of nitrogens with zero attached hydrogens (tertiary/aromatic N) is 4. The van der Waals surface area contributed by atoms with Gasteiger partial charge in [-0.15, -0.1) is 0 Å². The summed E-state index contributed by atoms with van der Waals surface area (Å²) in [4.78, 5) is 25.9. The predicted octanol–water partition coefficient (Wildman–Crippen LogP) is 4.83. The lowest BCUT2D eigenvalue weighted by Gasteiger charge is -2.46. The number of rotatable bonds is 4. The van der Waals surface area contributed by atoms with E-state index in [0.717, 1.165) is 54.0 Å². The zero-order chi connectivity index (χ0) is 22.5. The van der Waals surface area contributed by atoms with E-state index in [4.69, 9.17) is 0 Å². The van der Waals surface area contributed by atoms with E-state index in [2.05, 4.69) is 20.3 Å². The van der Waals surface area contributed by atoms with Crippen LogP contribution in [0.3, 0.4) is 0 Å². The van der Waals surface area contributed by atoms with Crippen molar-refractivity contribution in [2.24, 2.45) is 0 Å². The van der Waals surface area contributed by atoms with Crippen molar-refractivity contribution in [3.05, 3.63) is 65.7 Å². The molecule has 164 valence electrons. The van der Waals surface area contributed by atoms with Gasteiger partial charge in [-0.2, -0.15) is 13.2 Å². The topological polar surface area (TPSA) is 71.0 Å². The van der Waals surface area contributed by atoms with E-state index < -0.39 is 11.9 Å². The van der Waals surface area contributed by atoms with Crippen LogP contribution < -0.4 is 5.32 Å². The molecule has 2 saturated heterocycles. The van der Waals surface area contributed by atoms with Crippen molar-refractivity contribution in [1.29, 1.82) is 0 Å². The first-order valence-electron chi connectivity index (χ1n) is 10.3. The molecular weight excluding hydrogens is 419 g/mol. The van der Waals surface area contributed by atoms with Gasteiger partial charge in [0.15, 0.2) is 0 Å². The Morgan fingerprint density at radius 1 is 1.09 bits per heavy atom. The van der Waals surface area contributed by atoms with Crippen molar-refractivity contribution in [2.45, 2.75) is 37.9 Å². The smallest absolute Gasteiger partial charge is 0.331 e. The van der Waals surface area contributed by atoms with Crippen LogP contribution in [0.5, 0.6) is 0 Å². The van der Waals surface area contributed by atoms with E-state index in [1.54, 1.807) is 6.20 Å². The average molecular weight is 439 g/mol. The predicted molar refractivity (Wildman–Crippen MR) is 112 cm³/mol. The molecule has 5 rings (SSSR count). The summed E-state index contributed by atoms with van der Waals surface area (Å²) in [6, 6.07) is 10.4. The third-order valence-corrected chi connectivity index (χ3v) is 6.09. The second-order valence-corrected chi connectivity index (χ2v) is 8.27. The summed E-state index contributed by atoms with van der Waals surface area (Å²) in [7, 11) is 0. The number of aromatic nitrogens is 3. The minimum Gasteiger partial charge on any atom is -0.331 e. The third-order valence-electron chi connectivity index (χ3n) is 6.09. The Morgan fingerprint density at radius 3 is 2.66 bits per heavy atom. The molecule has 2 fully saturated rings. The van der Waals surface area contributed by atoms with E-state index in [0.29, 0.717) is 12.1 Å². The van der Waals surface area contributed by atoms with Gasteiger partial charge < -0.3 is 10.2 Å². The molecule has 3 aromatic rings. The van der Waals surface area contributed by atoms with Crippen molar-refractivity contribution in [2.75, 3.05) is 11.9 Å². The number of benzene rings is 1. The molecule has 2 aliphatic heterocycles. The van der Waals surface area contributed by atoms with E-state index in [1.165, 1.54) is 0 Å². The van der Waals surface area contributed by atoms with Crippen molar-refractivity contribution >= 4 is 17.5 Å². The number of pyridine rings is 1. The Morgan fingerprint density at radius 2 is 1.94 bits per heavy atom. The number of amides is 1. The first kappa shape index (κ1) is 20.4. The number of carbonyl (C=O) groups excluding carboxylic acids is 1. The highest BCUT2D eigenvalue weighted by Crippen LogP contribution is 2.48. The molecule has 4 heterocycles. The van der Waals surface area contributed by atoms with Crippen LogP contribution in [0.2, 0.25) is 0 Å². The number of aryl methyl sites for hydroxylation is 1. The number of β-lactam (4-membered cyclic amide) rings is 1. The van der Waals surface area contributed by atoms with Crippen molar-refractivity contribution < 1.29 is 18.0 Å². The lowest BCUT2D eigenvalue weighted by molar-refractivity contribution is -0.153. The van der Waals surface area contributed by atoms with Gasteiger partial charge in [0.05, 0.1) is 17.7 Å². The minimum absolute atomic E-state index is 0.125. The van der Waals surface area contributed by atoms with Crippen LogP contribution in [0.25, 0.3) is 11.1 Å². The van der Waals surface area contributed by atoms with Gasteiger partial charge in [0, 0.05) is 30.2 Å². The Bertz CT molecular complexity index is 1190. The number of nitrogens with one attached hydrogen (secondary N) is 1. The minimum atomic E-state index is -4.54. The maximum absolute atomic E-state index is 12.9. The normalized spacial score (nSPS) is 20.1. The summed E-state index contributed by atoms with van der Waals surface area (Å²) in [5.74, 6) is 0.0551. The second-order valence-electron chi connectivity index (χ2n) is 8.27. The molecule has 1 N–H and O–H groups in total. The molecule has 32 heavy (non-hydrogen) atoms. The van der Waals surface area contributed by atoms with Crippen molar-refractivity contribution in [1.82, 2.24) is 19.9 Å². The molecule has 1 aromatic carbocycles. The Kier molecular flexibility index (Phi) is 4.65. The molecule has 0 spiro atoms. The van der Waals surface area contributed by atoms with Gasteiger partial charge in [0.2, 0.25) is 11.9 Å². The first-order chi connectivity index (χ1) is 15.2. The molecule has 2 aromatic heterocycles. The second kappa shape index (κ2) is 7.29. The largest absolute Gasteiger partial charge is 0.433 e. The fourth-order valence-electron chi connectivity index (χ4n) is 4.60. The Balaban J connectivity index is 1.40. The molecule has 0 radical (unpaired) electrons. The van der Waals surface area contributed by atoms with Crippen LogP contribution in [0.15, 0.2) is 48.8 Å². The number of hydrogen-bond donors (Lipinski definition) is 1. The molecule has 1 unspecified atom stereocenters. The zero-order valence-corrected chi connectivity index (χ0v) is 17.3. The van der Waals surface area contributed by atoms with E-state index >= 15 is 0 Å². The van der Waals surface area contributed by atoms with Crippen LogP contribution in [0, 0.1) is 6.92 Å². The summed E-state index contributed by atoms with van der Waals surface area (Å²) < 4.78 is 38.8. The van der Waals surface area contributed by atoms with Gasteiger partial charge in [-0.1, -0.05) is 12.1 Å². The average Bonchev–Trinajstić information content (AvgIpc) is 3.10. The fourth-order valence-corrected chi connectivity index (χ4v) is 4.60. The fraction of sp³-hybridized carbons (Fsp3) is 0.304. The molecule has 1 atom stereocenters. The quantitative estimate of drug-likeness (QED) is 0.590. The molecule has 0 aliphatic carbocycles. The molecule has 6 nitrogen and oxygen atoms in total. The number of fused-ring (bicyclic) bond motifs is 1. The highest BCUT2D eigenvalue weighted by Gasteiger charge is 2.55. The Labute approximate surface area is 182 Å². The lowest BCUT2D eigenvalue weighted by atomic mass is 9.80. The monoisotopic (exact) mass is 439 g/mol. The first-order valence-corrected chi connectivity index (χ1v) is 10.3. The maximum atomic E-state index is 12.9. The summed E-state index contributed by atoms with van der Waals surface area (Å²) in [5, 5.41) is 2.86. The van der Waals surface area contributed by atoms with Crippen LogP contribution in [-0.4, -0.2) is 32.3 Å². The molecule has 2 aliphatic rings. The number of carbonyl (C=O) groups is 1. The molecule has 0 saturated carbocycles. The van der Waals surface area contributed by atoms with Crippen LogP contribution in [0.1, 0.15) is 36.2 Å². The molecule has 1 amide bonds. The van der Waals surface area contributed by atoms with Crippen LogP contribution in [-0.2, 0) is 16.5 Å². The van der Waals surface area contributed by atoms with Gasteiger partial charge in [0.25, 0.3) is 0 Å². The third kappa shape index (κ3) is 3.47. The van der Waals surface area contributed by atoms with Crippen molar-refractivity contribution in [3.63, 3.8) is 0 Å². The van der Waals surface area contributed by atoms with Gasteiger partial charge in [-0.05, 0) is 55.2 Å². The SMILES string of the molecule is Cc1cc(Nc2nccc(C(F)(F)F)n2)cc(-c2ccc(C34CCCN3C(=O)C4)nc2)c1. The van der Waals surface area contributed by atoms with Gasteiger partial charge in [-0.3, -0.25) is 9.78 Å². The number of alkyl halides is 3. The summed E-state index contributed by atoms with van der Waals surface area (Å²) >= 11 is 0. The highest BCUT2D eigenvalue weighted by molar-refractivity contribution is 5.86.